The average Bonchev–Trinajstić information content (AvgIpc) is 2.49. The summed E-state index contributed by atoms with van der Waals surface area (Å²) in [6, 6.07) is 8.58. The Kier molecular flexibility index (Phi) is 8.36. The molecule has 110 valence electrons. The Labute approximate surface area is 120 Å². The standard InChI is InChI=1S/C17H23FO2/c1-2-3-4-5-6-10-13-16(18)14-20-17(19)15-11-8-7-9-12-15/h7-9,11-12,14H,2-6,10,13H2,1H3/b16-14-. The Morgan fingerprint density at radius 2 is 1.75 bits per heavy atom. The largest absolute Gasteiger partial charge is 0.428 e. The second-order valence-electron chi connectivity index (χ2n) is 4.85. The molecule has 3 heteroatoms. The van der Waals surface area contributed by atoms with Gasteiger partial charge in [0, 0.05) is 6.42 Å². The lowest BCUT2D eigenvalue weighted by atomic mass is 10.1. The minimum atomic E-state index is -0.524. The predicted molar refractivity (Wildman–Crippen MR) is 79.0 cm³/mol. The van der Waals surface area contributed by atoms with Gasteiger partial charge >= 0.3 is 5.97 Å². The van der Waals surface area contributed by atoms with Gasteiger partial charge in [0.15, 0.2) is 0 Å². The first kappa shape index (κ1) is 16.4. The van der Waals surface area contributed by atoms with E-state index in [1.54, 1.807) is 24.3 Å². The van der Waals surface area contributed by atoms with Crippen molar-refractivity contribution in [2.24, 2.45) is 0 Å². The monoisotopic (exact) mass is 278 g/mol. The highest BCUT2D eigenvalue weighted by molar-refractivity contribution is 5.89. The number of allylic oxidation sites excluding steroid dienone is 1. The molecule has 0 spiro atoms. The fourth-order valence-corrected chi connectivity index (χ4v) is 1.89. The third-order valence-corrected chi connectivity index (χ3v) is 3.07. The van der Waals surface area contributed by atoms with Gasteiger partial charge in [0.2, 0.25) is 0 Å². The summed E-state index contributed by atoms with van der Waals surface area (Å²) in [7, 11) is 0. The van der Waals surface area contributed by atoms with E-state index in [-0.39, 0.29) is 5.83 Å². The summed E-state index contributed by atoms with van der Waals surface area (Å²) in [5.74, 6) is -0.895. The molecule has 0 aliphatic carbocycles. The van der Waals surface area contributed by atoms with Crippen molar-refractivity contribution < 1.29 is 13.9 Å². The summed E-state index contributed by atoms with van der Waals surface area (Å²) in [6.07, 6.45) is 7.91. The van der Waals surface area contributed by atoms with Crippen LogP contribution in [-0.4, -0.2) is 5.97 Å². The van der Waals surface area contributed by atoms with Crippen LogP contribution in [0, 0.1) is 0 Å². The smallest absolute Gasteiger partial charge is 0.343 e. The predicted octanol–water partition coefficient (Wildman–Crippen LogP) is 5.40. The molecule has 0 aliphatic rings. The number of ether oxygens (including phenoxy) is 1. The van der Waals surface area contributed by atoms with Crippen LogP contribution in [0.1, 0.15) is 62.2 Å². The Morgan fingerprint density at radius 1 is 1.10 bits per heavy atom. The second-order valence-corrected chi connectivity index (χ2v) is 4.85. The van der Waals surface area contributed by atoms with Crippen LogP contribution >= 0.6 is 0 Å². The van der Waals surface area contributed by atoms with Crippen molar-refractivity contribution in [3.05, 3.63) is 48.0 Å². The average molecular weight is 278 g/mol. The van der Waals surface area contributed by atoms with Gasteiger partial charge < -0.3 is 4.74 Å². The van der Waals surface area contributed by atoms with Crippen molar-refractivity contribution >= 4 is 5.97 Å². The van der Waals surface area contributed by atoms with Crippen molar-refractivity contribution in [1.82, 2.24) is 0 Å². The topological polar surface area (TPSA) is 26.3 Å². The zero-order valence-electron chi connectivity index (χ0n) is 12.1. The maximum atomic E-state index is 13.4. The first-order valence-electron chi connectivity index (χ1n) is 7.34. The van der Waals surface area contributed by atoms with Gasteiger partial charge in [-0.15, -0.1) is 0 Å². The number of halogens is 1. The van der Waals surface area contributed by atoms with E-state index < -0.39 is 5.97 Å². The molecular weight excluding hydrogens is 255 g/mol. The minimum absolute atomic E-state index is 0.341. The molecule has 0 aromatic heterocycles. The van der Waals surface area contributed by atoms with E-state index >= 15 is 0 Å². The summed E-state index contributed by atoms with van der Waals surface area (Å²) < 4.78 is 18.2. The highest BCUT2D eigenvalue weighted by Crippen LogP contribution is 2.13. The second kappa shape index (κ2) is 10.2. The molecule has 0 N–H and O–H groups in total. The SMILES string of the molecule is CCCCCCCC/C(F)=C/OC(=O)c1ccccc1. The molecule has 0 aliphatic heterocycles. The van der Waals surface area contributed by atoms with Gasteiger partial charge in [-0.05, 0) is 18.6 Å². The number of benzene rings is 1. The number of hydrogen-bond donors (Lipinski definition) is 0. The van der Waals surface area contributed by atoms with Gasteiger partial charge in [-0.25, -0.2) is 9.18 Å². The molecule has 20 heavy (non-hydrogen) atoms. The number of carbonyl (C=O) groups is 1. The molecule has 0 saturated heterocycles. The zero-order chi connectivity index (χ0) is 14.6. The third-order valence-electron chi connectivity index (χ3n) is 3.07. The molecule has 1 rings (SSSR count). The molecule has 1 aromatic rings. The van der Waals surface area contributed by atoms with Crippen molar-refractivity contribution in [1.29, 1.82) is 0 Å². The summed E-state index contributed by atoms with van der Waals surface area (Å²) in [5.41, 5.74) is 0.427. The Hall–Kier alpha value is -1.64. The maximum Gasteiger partial charge on any atom is 0.343 e. The van der Waals surface area contributed by atoms with Crippen LogP contribution in [0.5, 0.6) is 0 Å². The van der Waals surface area contributed by atoms with E-state index in [0.717, 1.165) is 25.5 Å². The third kappa shape index (κ3) is 7.07. The first-order chi connectivity index (χ1) is 9.74. The lowest BCUT2D eigenvalue weighted by Gasteiger charge is -2.01. The van der Waals surface area contributed by atoms with E-state index in [1.807, 2.05) is 6.07 Å². The van der Waals surface area contributed by atoms with Crippen LogP contribution in [0.2, 0.25) is 0 Å². The number of esters is 1. The summed E-state index contributed by atoms with van der Waals surface area (Å²) >= 11 is 0. The molecule has 0 unspecified atom stereocenters. The molecule has 0 fully saturated rings. The van der Waals surface area contributed by atoms with Crippen molar-refractivity contribution in [3.8, 4) is 0 Å². The molecule has 0 radical (unpaired) electrons. The molecule has 1 aromatic carbocycles. The highest BCUT2D eigenvalue weighted by Gasteiger charge is 2.05. The highest BCUT2D eigenvalue weighted by atomic mass is 19.1. The van der Waals surface area contributed by atoms with Crippen LogP contribution in [-0.2, 0) is 4.74 Å². The van der Waals surface area contributed by atoms with Crippen molar-refractivity contribution in [3.63, 3.8) is 0 Å². The molecule has 0 heterocycles. The Morgan fingerprint density at radius 3 is 2.45 bits per heavy atom. The first-order valence-corrected chi connectivity index (χ1v) is 7.34. The van der Waals surface area contributed by atoms with E-state index in [1.165, 1.54) is 19.3 Å². The van der Waals surface area contributed by atoms with Gasteiger partial charge in [-0.1, -0.05) is 57.2 Å². The fraction of sp³-hybridized carbons (Fsp3) is 0.471. The van der Waals surface area contributed by atoms with E-state index in [0.29, 0.717) is 12.0 Å². The lowest BCUT2D eigenvalue weighted by molar-refractivity contribution is 0.0655. The lowest BCUT2D eigenvalue weighted by Crippen LogP contribution is -2.00. The zero-order valence-corrected chi connectivity index (χ0v) is 12.1. The van der Waals surface area contributed by atoms with Gasteiger partial charge in [-0.3, -0.25) is 0 Å². The summed E-state index contributed by atoms with van der Waals surface area (Å²) in [5, 5.41) is 0. The van der Waals surface area contributed by atoms with Crippen LogP contribution in [0.25, 0.3) is 0 Å². The molecule has 0 bridgehead atoms. The molecule has 0 amide bonds. The van der Waals surface area contributed by atoms with Gasteiger partial charge in [-0.2, -0.15) is 0 Å². The van der Waals surface area contributed by atoms with Crippen LogP contribution in [0.4, 0.5) is 4.39 Å². The Bertz CT molecular complexity index is 412. The number of carbonyl (C=O) groups excluding carboxylic acids is 1. The van der Waals surface area contributed by atoms with Gasteiger partial charge in [0.1, 0.15) is 12.1 Å². The maximum absolute atomic E-state index is 13.4. The number of hydrogen-bond acceptors (Lipinski definition) is 2. The number of unbranched alkanes of at least 4 members (excludes halogenated alkanes) is 5. The summed E-state index contributed by atoms with van der Waals surface area (Å²) in [4.78, 5) is 11.6. The molecular formula is C17H23FO2. The van der Waals surface area contributed by atoms with E-state index in [9.17, 15) is 9.18 Å². The minimum Gasteiger partial charge on any atom is -0.428 e. The molecule has 0 saturated carbocycles. The van der Waals surface area contributed by atoms with Crippen LogP contribution in [0.15, 0.2) is 42.4 Å². The van der Waals surface area contributed by atoms with E-state index in [2.05, 4.69) is 6.92 Å². The van der Waals surface area contributed by atoms with Crippen molar-refractivity contribution in [2.45, 2.75) is 51.9 Å². The normalized spacial score (nSPS) is 11.4. The van der Waals surface area contributed by atoms with Crippen LogP contribution in [0.3, 0.4) is 0 Å². The Balaban J connectivity index is 2.20. The molecule has 2 nitrogen and oxygen atoms in total. The number of rotatable bonds is 9. The van der Waals surface area contributed by atoms with Crippen LogP contribution < -0.4 is 0 Å². The molecule has 0 atom stereocenters. The summed E-state index contributed by atoms with van der Waals surface area (Å²) in [6.45, 7) is 2.17. The van der Waals surface area contributed by atoms with Gasteiger partial charge in [0.25, 0.3) is 0 Å². The quantitative estimate of drug-likeness (QED) is 0.343. The van der Waals surface area contributed by atoms with Crippen molar-refractivity contribution in [2.75, 3.05) is 0 Å². The van der Waals surface area contributed by atoms with E-state index in [4.69, 9.17) is 4.74 Å². The van der Waals surface area contributed by atoms with Gasteiger partial charge in [0.05, 0.1) is 5.56 Å². The fourth-order valence-electron chi connectivity index (χ4n) is 1.89.